The van der Waals surface area contributed by atoms with Crippen molar-refractivity contribution in [2.45, 2.75) is 126 Å². The van der Waals surface area contributed by atoms with Crippen LogP contribution in [0.3, 0.4) is 0 Å². The third-order valence-electron chi connectivity index (χ3n) is 11.3. The van der Waals surface area contributed by atoms with Crippen LogP contribution in [-0.2, 0) is 49.6 Å². The number of nitrogens with zero attached hydrogens (tertiary/aromatic N) is 3. The zero-order valence-corrected chi connectivity index (χ0v) is 41.5. The number of imidazole rings is 1. The summed E-state index contributed by atoms with van der Waals surface area (Å²) in [5.74, 6) is -8.48. The topological polar surface area (TPSA) is 489 Å². The van der Waals surface area contributed by atoms with Crippen LogP contribution in [0, 0.1) is 5.41 Å². The van der Waals surface area contributed by atoms with E-state index in [0.717, 1.165) is 6.42 Å². The molecule has 29 heteroatoms. The second-order valence-electron chi connectivity index (χ2n) is 17.2. The summed E-state index contributed by atoms with van der Waals surface area (Å²) in [5, 5.41) is 47.7. The maximum Gasteiger partial charge on any atom is 0.352 e. The molecule has 0 bridgehead atoms. The first-order chi connectivity index (χ1) is 34.8. The molecule has 0 unspecified atom stereocenters. The number of hydrogen-bond acceptors (Lipinski definition) is 17. The van der Waals surface area contributed by atoms with Gasteiger partial charge in [0, 0.05) is 37.9 Å². The highest BCUT2D eigenvalue weighted by Crippen LogP contribution is 2.20. The number of likely N-dealkylation sites (tertiary alicyclic amines) is 1. The second kappa shape index (κ2) is 33.7. The molecule has 1 fully saturated rings. The Kier molecular flexibility index (Phi) is 28.7. The van der Waals surface area contributed by atoms with Crippen molar-refractivity contribution < 1.29 is 53.4 Å². The fourth-order valence-corrected chi connectivity index (χ4v) is 7.30. The van der Waals surface area contributed by atoms with Crippen LogP contribution in [0.1, 0.15) is 83.2 Å². The van der Waals surface area contributed by atoms with E-state index in [1.165, 1.54) is 30.4 Å². The quantitative estimate of drug-likeness (QED) is 0.0132. The first-order valence-corrected chi connectivity index (χ1v) is 24.2. The molecule has 0 spiro atoms. The van der Waals surface area contributed by atoms with Crippen molar-refractivity contribution in [3.8, 4) is 0 Å². The maximum atomic E-state index is 14.1. The number of aliphatic hydroxyl groups is 1. The molecular formula is C44H76N18O11. The van der Waals surface area contributed by atoms with Gasteiger partial charge >= 0.3 is 5.97 Å². The third-order valence-corrected chi connectivity index (χ3v) is 11.3. The number of aromatic amines is 1. The van der Waals surface area contributed by atoms with Gasteiger partial charge in [-0.05, 0) is 97.8 Å². The van der Waals surface area contributed by atoms with Crippen LogP contribution in [0.2, 0.25) is 0 Å². The standard InChI is InChI=1S/C44H76N18O11/c1-25(56-41(70)35(33(63)21-47)61-37(66)27(48)10-4-6-17-51-2)36(65)54-23-34(64)57-29(12-7-16-46)42(71)62-19-9-14-32(62)40(69)60-31(20-26-22-52-24-55-26)39(68)58-28(11-3-5-15-45)38(67)59-30(43(72)73)13-8-18-53-44(49)50/h13,22,24-25,27-28,31-33,35,51,63H,3-12,14-21,23,45-48H2,1-2H3,(H,52,55)(H,54,65)(H,56,70)(H,58,68)(H,59,67)(H,60,69)(H,61,66)(H,72,73)(H4,49,50,53)/b30-13-,57-29+/t25-,27-,28-,31-,32-,33-,35-/m0/s1. The van der Waals surface area contributed by atoms with Gasteiger partial charge in [0.05, 0.1) is 25.0 Å². The van der Waals surface area contributed by atoms with Crippen LogP contribution < -0.4 is 71.2 Å². The van der Waals surface area contributed by atoms with Crippen LogP contribution in [0.25, 0.3) is 0 Å². The Hall–Kier alpha value is -6.92. The number of nitrogens with two attached hydrogens (primary N) is 5. The van der Waals surface area contributed by atoms with Crippen molar-refractivity contribution >= 4 is 64.9 Å². The number of carboxylic acid groups (broad SMARTS) is 1. The molecule has 2 rings (SSSR count). The number of carbonyl (C=O) groups excluding carboxylic acids is 8. The molecule has 408 valence electrons. The molecule has 7 atom stereocenters. The Morgan fingerprint density at radius 3 is 2.23 bits per heavy atom. The fourth-order valence-electron chi connectivity index (χ4n) is 7.30. The Morgan fingerprint density at radius 2 is 1.60 bits per heavy atom. The van der Waals surface area contributed by atoms with E-state index < -0.39 is 114 Å². The minimum atomic E-state index is -1.56. The second-order valence-corrected chi connectivity index (χ2v) is 17.2. The largest absolute Gasteiger partial charge is 0.477 e. The Labute approximate surface area is 423 Å². The van der Waals surface area contributed by atoms with Crippen molar-refractivity contribution in [1.82, 2.24) is 57.4 Å². The van der Waals surface area contributed by atoms with Gasteiger partial charge in [0.25, 0.3) is 11.8 Å². The smallest absolute Gasteiger partial charge is 0.352 e. The van der Waals surface area contributed by atoms with E-state index in [2.05, 4.69) is 57.5 Å². The molecular weight excluding hydrogens is 957 g/mol. The molecule has 0 aromatic carbocycles. The summed E-state index contributed by atoms with van der Waals surface area (Å²) in [6.45, 7) is 1.40. The van der Waals surface area contributed by atoms with Gasteiger partial charge in [-0.15, -0.1) is 0 Å². The van der Waals surface area contributed by atoms with E-state index >= 15 is 0 Å². The number of carboxylic acids is 1. The van der Waals surface area contributed by atoms with Crippen LogP contribution in [0.5, 0.6) is 0 Å². The average molecular weight is 1030 g/mol. The predicted octanol–water partition coefficient (Wildman–Crippen LogP) is -6.15. The number of unbranched alkanes of at least 4 members (excludes halogenated alkanes) is 2. The molecule has 1 aliphatic heterocycles. The van der Waals surface area contributed by atoms with Crippen LogP contribution in [-0.4, -0.2) is 185 Å². The van der Waals surface area contributed by atoms with Gasteiger partial charge < -0.3 is 91.3 Å². The number of aliphatic hydroxyl groups excluding tert-OH is 1. The Bertz CT molecular complexity index is 2070. The Morgan fingerprint density at radius 1 is 0.890 bits per heavy atom. The molecule has 29 nitrogen and oxygen atoms in total. The lowest BCUT2D eigenvalue weighted by molar-refractivity contribution is -0.137. The zero-order valence-electron chi connectivity index (χ0n) is 41.5. The molecule has 73 heavy (non-hydrogen) atoms. The first-order valence-electron chi connectivity index (χ1n) is 24.2. The molecule has 2 heterocycles. The van der Waals surface area contributed by atoms with Gasteiger partial charge in [0.15, 0.2) is 5.96 Å². The highest BCUT2D eigenvalue weighted by atomic mass is 16.4. The zero-order chi connectivity index (χ0) is 54.5. The third kappa shape index (κ3) is 22.6. The van der Waals surface area contributed by atoms with E-state index in [9.17, 15) is 53.4 Å². The Balaban J connectivity index is 2.23. The molecule has 0 aliphatic carbocycles. The van der Waals surface area contributed by atoms with Gasteiger partial charge in [-0.25, -0.2) is 14.8 Å². The van der Waals surface area contributed by atoms with E-state index in [-0.39, 0.29) is 76.4 Å². The summed E-state index contributed by atoms with van der Waals surface area (Å²) in [7, 11) is 1.79. The molecule has 1 aromatic heterocycles. The maximum absolute atomic E-state index is 14.1. The summed E-state index contributed by atoms with van der Waals surface area (Å²) >= 11 is 0. The number of aliphatic imine (C=N–C) groups is 1. The molecule has 1 aromatic rings. The number of H-pyrrole nitrogens is 1. The minimum Gasteiger partial charge on any atom is -0.477 e. The highest BCUT2D eigenvalue weighted by Gasteiger charge is 2.38. The van der Waals surface area contributed by atoms with E-state index in [0.29, 0.717) is 44.3 Å². The minimum absolute atomic E-state index is 0.0434. The van der Waals surface area contributed by atoms with Crippen molar-refractivity contribution in [1.29, 1.82) is 5.41 Å². The van der Waals surface area contributed by atoms with Crippen LogP contribution >= 0.6 is 0 Å². The monoisotopic (exact) mass is 1030 g/mol. The average Bonchev–Trinajstić information content (AvgIpc) is 4.08. The van der Waals surface area contributed by atoms with E-state index in [1.807, 2.05) is 0 Å². The predicted molar refractivity (Wildman–Crippen MR) is 266 cm³/mol. The molecule has 0 radical (unpaired) electrons. The summed E-state index contributed by atoms with van der Waals surface area (Å²) in [6.07, 6.45) is 5.55. The van der Waals surface area contributed by atoms with E-state index in [4.69, 9.17) is 34.1 Å². The number of guanidine groups is 1. The molecule has 8 amide bonds. The number of hydrogen-bond donors (Lipinski definition) is 17. The first kappa shape index (κ1) is 62.2. The van der Waals surface area contributed by atoms with Gasteiger partial charge in [0.2, 0.25) is 35.4 Å². The number of aromatic nitrogens is 2. The van der Waals surface area contributed by atoms with Crippen molar-refractivity contribution in [3.05, 3.63) is 30.0 Å². The van der Waals surface area contributed by atoms with Gasteiger partial charge in [-0.2, -0.15) is 0 Å². The number of rotatable bonds is 34. The summed E-state index contributed by atoms with van der Waals surface area (Å²) < 4.78 is 0. The molecule has 1 aliphatic rings. The highest BCUT2D eigenvalue weighted by molar-refractivity contribution is 6.40. The van der Waals surface area contributed by atoms with Crippen molar-refractivity contribution in [2.24, 2.45) is 33.7 Å². The number of carbonyl (C=O) groups is 9. The molecule has 22 N–H and O–H groups in total. The molecule has 0 saturated carbocycles. The lowest BCUT2D eigenvalue weighted by atomic mass is 10.1. The van der Waals surface area contributed by atoms with Crippen molar-refractivity contribution in [3.63, 3.8) is 0 Å². The SMILES string of the molecule is CNCCCC[C@H](N)C(=O)N[C@H](C(=O)N[C@@H](C)C(=O)NCC(=O)/N=C(\CCCN)C(=O)N1CCC[C@H]1C(=O)N[C@@H](Cc1cnc[nH]1)C(=O)N[C@@H](CCCCN)C(=O)N/C(=C\CCNC(=N)N)C(=O)O)[C@@H](O)CN. The molecule has 1 saturated heterocycles. The summed E-state index contributed by atoms with van der Waals surface area (Å²) in [6, 6.07) is -7.64. The van der Waals surface area contributed by atoms with Crippen LogP contribution in [0.15, 0.2) is 29.3 Å². The number of amides is 8. The van der Waals surface area contributed by atoms with Gasteiger partial charge in [0.1, 0.15) is 41.6 Å². The van der Waals surface area contributed by atoms with Crippen molar-refractivity contribution in [2.75, 3.05) is 52.9 Å². The number of nitrogens with one attached hydrogen (secondary N) is 10. The lowest BCUT2D eigenvalue weighted by Crippen LogP contribution is -2.60. The normalized spacial score (nSPS) is 16.2. The summed E-state index contributed by atoms with van der Waals surface area (Å²) in [5.41, 5.74) is 27.9. The van der Waals surface area contributed by atoms with Gasteiger partial charge in [-0.3, -0.25) is 43.8 Å². The van der Waals surface area contributed by atoms with Gasteiger partial charge in [-0.1, -0.05) is 12.5 Å². The lowest BCUT2D eigenvalue weighted by Gasteiger charge is -2.27. The van der Waals surface area contributed by atoms with E-state index in [1.54, 1.807) is 7.05 Å². The number of aliphatic carboxylic acids is 1. The summed E-state index contributed by atoms with van der Waals surface area (Å²) in [4.78, 5) is 132. The fraction of sp³-hybridized carbons (Fsp3) is 0.636. The van der Waals surface area contributed by atoms with Crippen LogP contribution in [0.4, 0.5) is 0 Å².